The molecule has 0 aliphatic carbocycles. The highest BCUT2D eigenvalue weighted by molar-refractivity contribution is 5.85. The largest absolute Gasteiger partial charge is 0.493 e. The first kappa shape index (κ1) is 30.0. The highest BCUT2D eigenvalue weighted by Crippen LogP contribution is 2.37. The molecule has 3 N–H and O–H groups in total. The molecule has 2 atom stereocenters. The summed E-state index contributed by atoms with van der Waals surface area (Å²) in [5.74, 6) is -3.12. The predicted molar refractivity (Wildman–Crippen MR) is 141 cm³/mol. The molecule has 2 aromatic rings. The van der Waals surface area contributed by atoms with Crippen LogP contribution in [0.1, 0.15) is 50.1 Å². The maximum absolute atomic E-state index is 13.7. The number of aliphatic carboxylic acids is 1. The van der Waals surface area contributed by atoms with E-state index in [0.717, 1.165) is 18.8 Å². The van der Waals surface area contributed by atoms with E-state index in [0.29, 0.717) is 34.1 Å². The van der Waals surface area contributed by atoms with Crippen LogP contribution >= 0.6 is 0 Å². The third-order valence-electron chi connectivity index (χ3n) is 6.78. The van der Waals surface area contributed by atoms with Crippen molar-refractivity contribution in [2.24, 2.45) is 11.3 Å². The van der Waals surface area contributed by atoms with E-state index in [-0.39, 0.29) is 13.0 Å². The Bertz CT molecular complexity index is 1270. The Morgan fingerprint density at radius 1 is 1.20 bits per heavy atom. The monoisotopic (exact) mass is 581 g/mol. The maximum Gasteiger partial charge on any atom is 0.406 e. The van der Waals surface area contributed by atoms with E-state index >= 15 is 0 Å². The average molecular weight is 582 g/mol. The van der Waals surface area contributed by atoms with Crippen LogP contribution in [0.3, 0.4) is 0 Å². The Morgan fingerprint density at radius 2 is 1.95 bits per heavy atom. The van der Waals surface area contributed by atoms with Gasteiger partial charge in [0.05, 0.1) is 42.3 Å². The molecule has 2 aliphatic rings. The number of fused-ring (bicyclic) bond motifs is 2. The number of carbonyl (C=O) groups is 3. The molecule has 2 aliphatic heterocycles. The second-order valence-corrected chi connectivity index (χ2v) is 11.2. The van der Waals surface area contributed by atoms with Crippen molar-refractivity contribution < 1.29 is 42.1 Å². The van der Waals surface area contributed by atoms with Gasteiger partial charge in [0.1, 0.15) is 18.9 Å². The number of carbonyl (C=O) groups excluding carboxylic acids is 2. The van der Waals surface area contributed by atoms with Crippen molar-refractivity contribution in [2.75, 3.05) is 43.6 Å². The minimum atomic E-state index is -4.78. The summed E-state index contributed by atoms with van der Waals surface area (Å²) in [6.45, 7) is 4.36. The number of hydrogen-bond acceptors (Lipinski definition) is 8. The predicted octanol–water partition coefficient (Wildman–Crippen LogP) is 3.14. The molecule has 11 nitrogen and oxygen atoms in total. The van der Waals surface area contributed by atoms with Crippen molar-refractivity contribution in [3.63, 3.8) is 0 Å². The zero-order chi connectivity index (χ0) is 29.9. The van der Waals surface area contributed by atoms with Crippen LogP contribution in [-0.2, 0) is 32.0 Å². The molecule has 1 unspecified atom stereocenters. The number of imidazole rings is 1. The number of anilines is 1. The molecule has 224 valence electrons. The van der Waals surface area contributed by atoms with Gasteiger partial charge in [-0.15, -0.1) is 0 Å². The molecule has 1 amide bonds. The number of esters is 1. The summed E-state index contributed by atoms with van der Waals surface area (Å²) in [6.07, 6.45) is -3.21. The van der Waals surface area contributed by atoms with Crippen LogP contribution < -0.4 is 15.5 Å². The Labute approximate surface area is 235 Å². The van der Waals surface area contributed by atoms with E-state index in [1.54, 1.807) is 37.6 Å². The van der Waals surface area contributed by atoms with Crippen LogP contribution in [0.2, 0.25) is 0 Å². The van der Waals surface area contributed by atoms with Crippen molar-refractivity contribution in [3.8, 4) is 5.75 Å². The number of rotatable bonds is 9. The molecule has 0 saturated carbocycles. The van der Waals surface area contributed by atoms with Gasteiger partial charge in [-0.2, -0.15) is 13.2 Å². The van der Waals surface area contributed by atoms with Crippen LogP contribution in [-0.4, -0.2) is 76.5 Å². The first-order chi connectivity index (χ1) is 19.2. The summed E-state index contributed by atoms with van der Waals surface area (Å²) in [5, 5.41) is 12.5. The smallest absolute Gasteiger partial charge is 0.406 e. The third kappa shape index (κ3) is 7.61. The highest BCUT2D eigenvalue weighted by Gasteiger charge is 2.43. The number of hydrogen-bond donors (Lipinski definition) is 3. The number of halogens is 3. The van der Waals surface area contributed by atoms with Gasteiger partial charge in [-0.1, -0.05) is 6.07 Å². The van der Waals surface area contributed by atoms with Crippen molar-refractivity contribution in [3.05, 3.63) is 41.2 Å². The Hall–Kier alpha value is -3.97. The topological polar surface area (TPSA) is 135 Å². The lowest BCUT2D eigenvalue weighted by molar-refractivity contribution is -0.174. The molecule has 0 fully saturated rings. The third-order valence-corrected chi connectivity index (χ3v) is 6.78. The van der Waals surface area contributed by atoms with Crippen molar-refractivity contribution in [2.45, 2.75) is 52.3 Å². The van der Waals surface area contributed by atoms with Gasteiger partial charge in [0.25, 0.3) is 0 Å². The van der Waals surface area contributed by atoms with Gasteiger partial charge < -0.3 is 30.2 Å². The number of amides is 1. The van der Waals surface area contributed by atoms with E-state index in [9.17, 15) is 32.7 Å². The first-order valence-corrected chi connectivity index (χ1v) is 13.3. The molecule has 1 aromatic heterocycles. The van der Waals surface area contributed by atoms with Gasteiger partial charge in [-0.3, -0.25) is 14.4 Å². The van der Waals surface area contributed by atoms with Crippen LogP contribution in [0, 0.1) is 11.3 Å². The van der Waals surface area contributed by atoms with E-state index in [2.05, 4.69) is 15.7 Å². The number of carboxylic acid groups (broad SMARTS) is 1. The number of nitrogens with one attached hydrogen (secondary N) is 2. The molecule has 3 heterocycles. The summed E-state index contributed by atoms with van der Waals surface area (Å²) in [4.78, 5) is 42.4. The van der Waals surface area contributed by atoms with E-state index < -0.39 is 61.0 Å². The van der Waals surface area contributed by atoms with E-state index in [1.807, 2.05) is 6.20 Å². The van der Waals surface area contributed by atoms with Crippen LogP contribution in [0.5, 0.6) is 5.75 Å². The fourth-order valence-corrected chi connectivity index (χ4v) is 4.79. The van der Waals surface area contributed by atoms with Crippen LogP contribution in [0.4, 0.5) is 19.1 Å². The molecule has 4 rings (SSSR count). The van der Waals surface area contributed by atoms with Gasteiger partial charge >= 0.3 is 18.1 Å². The molecule has 1 aromatic carbocycles. The Kier molecular flexibility index (Phi) is 8.69. The lowest BCUT2D eigenvalue weighted by Crippen LogP contribution is -2.45. The average Bonchev–Trinajstić information content (AvgIpc) is 3.25. The van der Waals surface area contributed by atoms with Crippen molar-refractivity contribution in [1.82, 2.24) is 14.6 Å². The standard InChI is InChI=1S/C27H34F3N5O6/c1-26(2,3)24(39)41-14-21-20-12-19(40-9-6-18-13-35-25(33-18)31-7-8-32-35)5-4-16(20)10-17(11-22(36)37)23(38)34(21)15-27(28,29)30/h4-5,12-13,17,21,32H,6-11,14-15H2,1-3H3,(H,31,33)(H,36,37)/t17-,21?/m0/s1. The molecular formula is C27H34F3N5O6. The number of alkyl halides is 3. The van der Waals surface area contributed by atoms with Gasteiger partial charge in [0, 0.05) is 19.5 Å². The summed E-state index contributed by atoms with van der Waals surface area (Å²) in [6, 6.07) is 3.47. The summed E-state index contributed by atoms with van der Waals surface area (Å²) in [7, 11) is 0. The molecular weight excluding hydrogens is 547 g/mol. The highest BCUT2D eigenvalue weighted by atomic mass is 19.4. The van der Waals surface area contributed by atoms with Gasteiger partial charge in [-0.25, -0.2) is 9.66 Å². The zero-order valence-corrected chi connectivity index (χ0v) is 23.1. The first-order valence-electron chi connectivity index (χ1n) is 13.3. The van der Waals surface area contributed by atoms with Crippen molar-refractivity contribution >= 4 is 23.8 Å². The van der Waals surface area contributed by atoms with Gasteiger partial charge in [-0.05, 0) is 50.5 Å². The number of carboxylic acids is 1. The Morgan fingerprint density at radius 3 is 2.61 bits per heavy atom. The van der Waals surface area contributed by atoms with Gasteiger partial charge in [0.2, 0.25) is 11.9 Å². The molecule has 41 heavy (non-hydrogen) atoms. The molecule has 0 spiro atoms. The number of benzene rings is 1. The quantitative estimate of drug-likeness (QED) is 0.382. The number of aromatic nitrogens is 2. The van der Waals surface area contributed by atoms with Crippen LogP contribution in [0.25, 0.3) is 0 Å². The maximum atomic E-state index is 13.7. The second-order valence-electron chi connectivity index (χ2n) is 11.2. The normalized spacial score (nSPS) is 18.9. The second kappa shape index (κ2) is 11.9. The fourth-order valence-electron chi connectivity index (χ4n) is 4.79. The van der Waals surface area contributed by atoms with E-state index in [1.165, 1.54) is 6.07 Å². The van der Waals surface area contributed by atoms with Crippen LogP contribution in [0.15, 0.2) is 24.4 Å². The summed E-state index contributed by atoms with van der Waals surface area (Å²) in [5.41, 5.74) is 3.80. The Balaban J connectivity index is 1.62. The summed E-state index contributed by atoms with van der Waals surface area (Å²) < 4.78 is 54.2. The molecule has 0 radical (unpaired) electrons. The van der Waals surface area contributed by atoms with Crippen molar-refractivity contribution in [1.29, 1.82) is 0 Å². The summed E-state index contributed by atoms with van der Waals surface area (Å²) >= 11 is 0. The molecule has 14 heteroatoms. The number of nitrogens with zero attached hydrogens (tertiary/aromatic N) is 3. The zero-order valence-electron chi connectivity index (χ0n) is 23.1. The molecule has 0 bridgehead atoms. The lowest BCUT2D eigenvalue weighted by Gasteiger charge is -2.33. The fraction of sp³-hybridized carbons (Fsp3) is 0.556. The lowest BCUT2D eigenvalue weighted by atomic mass is 9.93. The SMILES string of the molecule is CC(C)(C)C(=O)OCC1c2cc(OCCc3cn4c(n3)NCCN4)ccc2C[C@@H](CC(=O)O)C(=O)N1CC(F)(F)F. The van der Waals surface area contributed by atoms with Gasteiger partial charge in [0.15, 0.2) is 0 Å². The minimum Gasteiger partial charge on any atom is -0.493 e. The minimum absolute atomic E-state index is 0.0843. The molecule has 0 saturated heterocycles. The van der Waals surface area contributed by atoms with E-state index in [4.69, 9.17) is 9.47 Å². The number of ether oxygens (including phenoxy) is 2.